The third-order valence-corrected chi connectivity index (χ3v) is 4.23. The summed E-state index contributed by atoms with van der Waals surface area (Å²) < 4.78 is 16.1. The summed E-state index contributed by atoms with van der Waals surface area (Å²) in [6.07, 6.45) is 0.910. The highest BCUT2D eigenvalue weighted by molar-refractivity contribution is 5.98. The average Bonchev–Trinajstić information content (AvgIpc) is 2.64. The van der Waals surface area contributed by atoms with Crippen molar-refractivity contribution in [3.8, 4) is 5.75 Å². The van der Waals surface area contributed by atoms with Gasteiger partial charge in [0, 0.05) is 19.6 Å². The van der Waals surface area contributed by atoms with Crippen LogP contribution in [0.4, 0.5) is 0 Å². The van der Waals surface area contributed by atoms with Crippen molar-refractivity contribution in [1.29, 1.82) is 0 Å². The van der Waals surface area contributed by atoms with Crippen molar-refractivity contribution in [3.05, 3.63) is 42.0 Å². The molecule has 0 bridgehead atoms. The number of hydrogen-bond donors (Lipinski definition) is 0. The van der Waals surface area contributed by atoms with Crippen molar-refractivity contribution < 1.29 is 19.0 Å². The van der Waals surface area contributed by atoms with E-state index < -0.39 is 0 Å². The molecule has 0 aromatic heterocycles. The molecule has 0 atom stereocenters. The van der Waals surface area contributed by atoms with Gasteiger partial charge in [-0.1, -0.05) is 24.3 Å². The Balaban J connectivity index is 1.66. The summed E-state index contributed by atoms with van der Waals surface area (Å²) >= 11 is 0. The minimum absolute atomic E-state index is 0.371. The Morgan fingerprint density at radius 1 is 1.17 bits per heavy atom. The lowest BCUT2D eigenvalue weighted by Gasteiger charge is -2.26. The number of morpholine rings is 1. The monoisotopic (exact) mass is 329 g/mol. The first kappa shape index (κ1) is 16.7. The predicted octanol–water partition coefficient (Wildman–Crippen LogP) is 2.73. The average molecular weight is 329 g/mol. The van der Waals surface area contributed by atoms with Gasteiger partial charge in [-0.15, -0.1) is 0 Å². The third kappa shape index (κ3) is 4.04. The van der Waals surface area contributed by atoms with E-state index in [1.54, 1.807) is 0 Å². The van der Waals surface area contributed by atoms with Crippen molar-refractivity contribution in [2.45, 2.75) is 6.42 Å². The van der Waals surface area contributed by atoms with E-state index in [-0.39, 0.29) is 5.97 Å². The number of nitrogens with zero attached hydrogens (tertiary/aromatic N) is 1. The van der Waals surface area contributed by atoms with Crippen LogP contribution in [0.1, 0.15) is 16.8 Å². The lowest BCUT2D eigenvalue weighted by atomic mass is 10.1. The van der Waals surface area contributed by atoms with Crippen LogP contribution in [-0.2, 0) is 9.47 Å². The van der Waals surface area contributed by atoms with Crippen LogP contribution < -0.4 is 4.74 Å². The summed E-state index contributed by atoms with van der Waals surface area (Å²) in [5, 5.41) is 2.05. The Labute approximate surface area is 142 Å². The van der Waals surface area contributed by atoms with E-state index in [4.69, 9.17) is 14.2 Å². The molecule has 0 saturated carbocycles. The first-order chi connectivity index (χ1) is 11.8. The van der Waals surface area contributed by atoms with E-state index in [0.29, 0.717) is 17.9 Å². The van der Waals surface area contributed by atoms with Crippen LogP contribution in [0.2, 0.25) is 0 Å². The van der Waals surface area contributed by atoms with Gasteiger partial charge in [0.05, 0.1) is 26.9 Å². The van der Waals surface area contributed by atoms with E-state index in [2.05, 4.69) is 4.90 Å². The molecule has 0 aliphatic carbocycles. The summed E-state index contributed by atoms with van der Waals surface area (Å²) in [6, 6.07) is 11.7. The molecule has 1 fully saturated rings. The minimum Gasteiger partial charge on any atom is -0.493 e. The molecule has 3 rings (SSSR count). The Morgan fingerprint density at radius 2 is 1.88 bits per heavy atom. The molecule has 1 heterocycles. The number of esters is 1. The maximum absolute atomic E-state index is 12.0. The Hall–Kier alpha value is -2.11. The number of rotatable bonds is 6. The Bertz CT molecular complexity index is 695. The van der Waals surface area contributed by atoms with Crippen LogP contribution in [0, 0.1) is 0 Å². The Morgan fingerprint density at radius 3 is 2.58 bits per heavy atom. The lowest BCUT2D eigenvalue weighted by Crippen LogP contribution is -2.37. The number of ether oxygens (including phenoxy) is 3. The second-order valence-corrected chi connectivity index (χ2v) is 5.84. The third-order valence-electron chi connectivity index (χ3n) is 4.23. The van der Waals surface area contributed by atoms with Crippen LogP contribution in [0.25, 0.3) is 10.8 Å². The topological polar surface area (TPSA) is 48.0 Å². The van der Waals surface area contributed by atoms with Crippen molar-refractivity contribution in [2.75, 3.05) is 46.6 Å². The molecule has 1 aliphatic rings. The molecule has 128 valence electrons. The highest BCUT2D eigenvalue weighted by atomic mass is 16.5. The maximum atomic E-state index is 12.0. The normalized spacial score (nSPS) is 15.4. The molecule has 24 heavy (non-hydrogen) atoms. The molecule has 2 aromatic rings. The smallest absolute Gasteiger partial charge is 0.341 e. The summed E-state index contributed by atoms with van der Waals surface area (Å²) in [5.41, 5.74) is 0.475. The van der Waals surface area contributed by atoms with Crippen LogP contribution in [0.5, 0.6) is 5.75 Å². The van der Waals surface area contributed by atoms with Crippen LogP contribution >= 0.6 is 0 Å². The summed E-state index contributed by atoms with van der Waals surface area (Å²) in [7, 11) is 1.39. The number of fused-ring (bicyclic) bond motifs is 1. The molecular weight excluding hydrogens is 306 g/mol. The number of hydrogen-bond acceptors (Lipinski definition) is 5. The second kappa shape index (κ2) is 8.13. The SMILES string of the molecule is COC(=O)c1cc2ccccc2cc1OCCCN1CCOCC1. The molecule has 1 aliphatic heterocycles. The fourth-order valence-electron chi connectivity index (χ4n) is 2.90. The first-order valence-electron chi connectivity index (χ1n) is 8.32. The fraction of sp³-hybridized carbons (Fsp3) is 0.421. The van der Waals surface area contributed by atoms with E-state index in [1.165, 1.54) is 7.11 Å². The lowest BCUT2D eigenvalue weighted by molar-refractivity contribution is 0.0357. The minimum atomic E-state index is -0.371. The molecule has 0 radical (unpaired) electrons. The van der Waals surface area contributed by atoms with Crippen LogP contribution in [0.15, 0.2) is 36.4 Å². The second-order valence-electron chi connectivity index (χ2n) is 5.84. The Kier molecular flexibility index (Phi) is 5.67. The number of carbonyl (C=O) groups is 1. The van der Waals surface area contributed by atoms with Gasteiger partial charge in [-0.3, -0.25) is 4.90 Å². The predicted molar refractivity (Wildman–Crippen MR) is 92.7 cm³/mol. The molecule has 0 unspecified atom stereocenters. The van der Waals surface area contributed by atoms with Crippen LogP contribution in [-0.4, -0.2) is 57.4 Å². The van der Waals surface area contributed by atoms with Gasteiger partial charge >= 0.3 is 5.97 Å². The van der Waals surface area contributed by atoms with E-state index in [0.717, 1.165) is 50.0 Å². The van der Waals surface area contributed by atoms with Crippen molar-refractivity contribution in [1.82, 2.24) is 4.90 Å². The van der Waals surface area contributed by atoms with E-state index >= 15 is 0 Å². The van der Waals surface area contributed by atoms with Crippen molar-refractivity contribution in [3.63, 3.8) is 0 Å². The zero-order chi connectivity index (χ0) is 16.8. The van der Waals surface area contributed by atoms with Gasteiger partial charge in [-0.05, 0) is 29.3 Å². The summed E-state index contributed by atoms with van der Waals surface area (Å²) in [5.74, 6) is 0.214. The van der Waals surface area contributed by atoms with E-state index in [9.17, 15) is 4.79 Å². The summed E-state index contributed by atoms with van der Waals surface area (Å²) in [6.45, 7) is 5.10. The number of methoxy groups -OCH3 is 1. The molecule has 5 heteroatoms. The highest BCUT2D eigenvalue weighted by Crippen LogP contribution is 2.27. The highest BCUT2D eigenvalue weighted by Gasteiger charge is 2.15. The van der Waals surface area contributed by atoms with Crippen molar-refractivity contribution >= 4 is 16.7 Å². The fourth-order valence-corrected chi connectivity index (χ4v) is 2.90. The van der Waals surface area contributed by atoms with Crippen molar-refractivity contribution in [2.24, 2.45) is 0 Å². The molecule has 0 spiro atoms. The molecule has 2 aromatic carbocycles. The maximum Gasteiger partial charge on any atom is 0.341 e. The molecule has 1 saturated heterocycles. The zero-order valence-electron chi connectivity index (χ0n) is 14.0. The largest absolute Gasteiger partial charge is 0.493 e. The molecular formula is C19H23NO4. The van der Waals surface area contributed by atoms with Gasteiger partial charge in [0.25, 0.3) is 0 Å². The standard InChI is InChI=1S/C19H23NO4/c1-22-19(21)17-13-15-5-2-3-6-16(15)14-18(17)24-10-4-7-20-8-11-23-12-9-20/h2-3,5-6,13-14H,4,7-12H2,1H3. The molecule has 5 nitrogen and oxygen atoms in total. The number of benzene rings is 2. The van der Waals surface area contributed by atoms with Gasteiger partial charge in [-0.2, -0.15) is 0 Å². The van der Waals surface area contributed by atoms with E-state index in [1.807, 2.05) is 36.4 Å². The molecule has 0 N–H and O–H groups in total. The van der Waals surface area contributed by atoms with Gasteiger partial charge in [0.15, 0.2) is 0 Å². The summed E-state index contributed by atoms with van der Waals surface area (Å²) in [4.78, 5) is 14.4. The van der Waals surface area contributed by atoms with Crippen LogP contribution in [0.3, 0.4) is 0 Å². The quantitative estimate of drug-likeness (QED) is 0.602. The number of carbonyl (C=O) groups excluding carboxylic acids is 1. The van der Waals surface area contributed by atoms with Gasteiger partial charge < -0.3 is 14.2 Å². The van der Waals surface area contributed by atoms with Gasteiger partial charge in [0.1, 0.15) is 11.3 Å². The molecule has 0 amide bonds. The first-order valence-corrected chi connectivity index (χ1v) is 8.32. The van der Waals surface area contributed by atoms with Gasteiger partial charge in [0.2, 0.25) is 0 Å². The zero-order valence-corrected chi connectivity index (χ0v) is 14.0. The van der Waals surface area contributed by atoms with Gasteiger partial charge in [-0.25, -0.2) is 4.79 Å².